The molecule has 2 N–H and O–H groups in total. The molecule has 0 unspecified atom stereocenters. The summed E-state index contributed by atoms with van der Waals surface area (Å²) in [4.78, 5) is 29.4. The molecule has 1 atom stereocenters. The Balaban J connectivity index is 1.91. The van der Waals surface area contributed by atoms with Crippen LogP contribution in [-0.4, -0.2) is 32.5 Å². The zero-order valence-corrected chi connectivity index (χ0v) is 12.0. The van der Waals surface area contributed by atoms with Crippen molar-refractivity contribution >= 4 is 17.2 Å². The molecule has 3 rings (SSSR count). The van der Waals surface area contributed by atoms with E-state index in [1.54, 1.807) is 11.3 Å². The number of aromatic nitrogens is 3. The maximum absolute atomic E-state index is 12.7. The molecule has 2 aromatic heterocycles. The number of thiophene rings is 1. The summed E-state index contributed by atoms with van der Waals surface area (Å²) in [6.45, 7) is 2.65. The van der Waals surface area contributed by atoms with E-state index in [9.17, 15) is 9.59 Å². The van der Waals surface area contributed by atoms with E-state index in [-0.39, 0.29) is 17.6 Å². The molecule has 1 aliphatic rings. The minimum absolute atomic E-state index is 0.0253. The molecule has 106 valence electrons. The monoisotopic (exact) mass is 292 g/mol. The largest absolute Gasteiger partial charge is 0.340 e. The van der Waals surface area contributed by atoms with Crippen LogP contribution in [0, 0.1) is 6.92 Å². The number of aryl methyl sites for hydroxylation is 1. The van der Waals surface area contributed by atoms with Crippen LogP contribution in [0.1, 0.15) is 46.4 Å². The zero-order chi connectivity index (χ0) is 14.1. The van der Waals surface area contributed by atoms with E-state index < -0.39 is 0 Å². The van der Waals surface area contributed by atoms with Crippen LogP contribution >= 0.6 is 11.3 Å². The number of likely N-dealkylation sites (tertiary alicyclic amines) is 1. The van der Waals surface area contributed by atoms with E-state index >= 15 is 0 Å². The molecule has 20 heavy (non-hydrogen) atoms. The molecule has 0 bridgehead atoms. The van der Waals surface area contributed by atoms with Crippen molar-refractivity contribution in [3.63, 3.8) is 0 Å². The first kappa shape index (κ1) is 13.1. The summed E-state index contributed by atoms with van der Waals surface area (Å²) >= 11 is 1.57. The molecule has 1 saturated heterocycles. The predicted molar refractivity (Wildman–Crippen MR) is 75.9 cm³/mol. The van der Waals surface area contributed by atoms with Gasteiger partial charge in [-0.25, -0.2) is 9.89 Å². The molecule has 2 aromatic rings. The van der Waals surface area contributed by atoms with Crippen LogP contribution in [0.25, 0.3) is 0 Å². The summed E-state index contributed by atoms with van der Waals surface area (Å²) in [6, 6.07) is 1.72. The molecule has 1 amide bonds. The van der Waals surface area contributed by atoms with Gasteiger partial charge in [0.05, 0.1) is 11.6 Å². The summed E-state index contributed by atoms with van der Waals surface area (Å²) in [5.74, 6) is 0.577. The fourth-order valence-electron chi connectivity index (χ4n) is 2.66. The number of nitrogens with one attached hydrogen (secondary N) is 2. The van der Waals surface area contributed by atoms with Gasteiger partial charge in [0, 0.05) is 11.4 Å². The van der Waals surface area contributed by atoms with Crippen molar-refractivity contribution < 1.29 is 4.79 Å². The maximum atomic E-state index is 12.7. The van der Waals surface area contributed by atoms with Crippen molar-refractivity contribution in [2.75, 3.05) is 6.54 Å². The van der Waals surface area contributed by atoms with Gasteiger partial charge in [0.1, 0.15) is 0 Å². The maximum Gasteiger partial charge on any atom is 0.340 e. The molecule has 3 heterocycles. The number of H-pyrrole nitrogens is 2. The molecule has 0 spiro atoms. The number of piperidine rings is 1. The fraction of sp³-hybridized carbons (Fsp3) is 0.462. The van der Waals surface area contributed by atoms with Crippen LogP contribution in [0.2, 0.25) is 0 Å². The van der Waals surface area contributed by atoms with Gasteiger partial charge < -0.3 is 4.90 Å². The third-order valence-electron chi connectivity index (χ3n) is 3.69. The quantitative estimate of drug-likeness (QED) is 0.886. The normalized spacial score (nSPS) is 19.2. The number of aromatic amines is 2. The summed E-state index contributed by atoms with van der Waals surface area (Å²) in [7, 11) is 0. The third-order valence-corrected chi connectivity index (χ3v) is 4.53. The van der Waals surface area contributed by atoms with Crippen LogP contribution < -0.4 is 5.69 Å². The topological polar surface area (TPSA) is 81.8 Å². The van der Waals surface area contributed by atoms with Crippen molar-refractivity contribution in [1.29, 1.82) is 0 Å². The molecule has 0 aromatic carbocycles. The van der Waals surface area contributed by atoms with Gasteiger partial charge >= 0.3 is 5.69 Å². The average molecular weight is 292 g/mol. The lowest BCUT2D eigenvalue weighted by Gasteiger charge is -2.34. The van der Waals surface area contributed by atoms with Crippen LogP contribution in [-0.2, 0) is 0 Å². The van der Waals surface area contributed by atoms with Gasteiger partial charge in [-0.15, -0.1) is 11.3 Å². The summed E-state index contributed by atoms with van der Waals surface area (Å²) < 4.78 is 0. The summed E-state index contributed by atoms with van der Waals surface area (Å²) in [5.41, 5.74) is 0.421. The Morgan fingerprint density at radius 1 is 1.50 bits per heavy atom. The number of hydrogen-bond acceptors (Lipinski definition) is 4. The first-order valence-electron chi connectivity index (χ1n) is 6.66. The van der Waals surface area contributed by atoms with Crippen molar-refractivity contribution in [2.45, 2.75) is 32.2 Å². The van der Waals surface area contributed by atoms with E-state index in [1.807, 2.05) is 23.3 Å². The Bertz CT molecular complexity index is 672. The molecule has 0 radical (unpaired) electrons. The van der Waals surface area contributed by atoms with Crippen molar-refractivity contribution in [3.8, 4) is 0 Å². The van der Waals surface area contributed by atoms with Crippen LogP contribution in [0.4, 0.5) is 0 Å². The molecule has 0 saturated carbocycles. The van der Waals surface area contributed by atoms with Crippen LogP contribution in [0.15, 0.2) is 16.2 Å². The van der Waals surface area contributed by atoms with Gasteiger partial charge in [-0.05, 0) is 37.6 Å². The van der Waals surface area contributed by atoms with E-state index in [1.165, 1.54) is 0 Å². The zero-order valence-electron chi connectivity index (χ0n) is 11.2. The second kappa shape index (κ2) is 5.24. The molecule has 7 heteroatoms. The Hall–Kier alpha value is -1.89. The predicted octanol–water partition coefficient (Wildman–Crippen LogP) is 1.84. The van der Waals surface area contributed by atoms with Gasteiger partial charge in [0.2, 0.25) is 0 Å². The molecular weight excluding hydrogens is 276 g/mol. The highest BCUT2D eigenvalue weighted by Gasteiger charge is 2.31. The van der Waals surface area contributed by atoms with Gasteiger partial charge in [-0.1, -0.05) is 0 Å². The van der Waals surface area contributed by atoms with Crippen LogP contribution in [0.5, 0.6) is 0 Å². The number of rotatable bonds is 2. The molecule has 6 nitrogen and oxygen atoms in total. The van der Waals surface area contributed by atoms with E-state index in [2.05, 4.69) is 15.2 Å². The average Bonchev–Trinajstić information content (AvgIpc) is 3.07. The highest BCUT2D eigenvalue weighted by molar-refractivity contribution is 7.10. The lowest BCUT2D eigenvalue weighted by molar-refractivity contribution is 0.0600. The number of hydrogen-bond donors (Lipinski definition) is 2. The second-order valence-electron chi connectivity index (χ2n) is 4.96. The second-order valence-corrected chi connectivity index (χ2v) is 6.08. The number of carbonyl (C=O) groups is 1. The SMILES string of the molecule is Cc1sccc1C(=O)N1CCCC[C@H]1c1n[nH]c(=O)[nH]1. The van der Waals surface area contributed by atoms with Gasteiger partial charge in [0.15, 0.2) is 5.82 Å². The van der Waals surface area contributed by atoms with Crippen molar-refractivity contribution in [2.24, 2.45) is 0 Å². The van der Waals surface area contributed by atoms with Gasteiger partial charge in [-0.3, -0.25) is 9.78 Å². The van der Waals surface area contributed by atoms with Crippen molar-refractivity contribution in [3.05, 3.63) is 38.2 Å². The van der Waals surface area contributed by atoms with E-state index in [0.717, 1.165) is 29.7 Å². The minimum atomic E-state index is -0.329. The highest BCUT2D eigenvalue weighted by atomic mass is 32.1. The molecule has 1 fully saturated rings. The van der Waals surface area contributed by atoms with Gasteiger partial charge in [0.25, 0.3) is 5.91 Å². The smallest absolute Gasteiger partial charge is 0.328 e. The Labute approximate surface area is 119 Å². The highest BCUT2D eigenvalue weighted by Crippen LogP contribution is 2.30. The standard InChI is InChI=1S/C13H16N4O2S/c1-8-9(5-7-20-8)12(18)17-6-3-2-4-10(17)11-14-13(19)16-15-11/h5,7,10H,2-4,6H2,1H3,(H2,14,15,16,19)/t10-/m0/s1. The Kier molecular flexibility index (Phi) is 3.43. The fourth-order valence-corrected chi connectivity index (χ4v) is 3.35. The van der Waals surface area contributed by atoms with Gasteiger partial charge in [-0.2, -0.15) is 5.10 Å². The number of nitrogens with zero attached hydrogens (tertiary/aromatic N) is 2. The van der Waals surface area contributed by atoms with Crippen LogP contribution in [0.3, 0.4) is 0 Å². The lowest BCUT2D eigenvalue weighted by Crippen LogP contribution is -2.39. The summed E-state index contributed by atoms with van der Waals surface area (Å²) in [6.07, 6.45) is 2.85. The Morgan fingerprint density at radius 2 is 2.35 bits per heavy atom. The first-order chi connectivity index (χ1) is 9.66. The van der Waals surface area contributed by atoms with Crippen molar-refractivity contribution in [1.82, 2.24) is 20.1 Å². The molecule has 0 aliphatic carbocycles. The number of amides is 1. The Morgan fingerprint density at radius 3 is 3.00 bits per heavy atom. The van der Waals surface area contributed by atoms with E-state index in [0.29, 0.717) is 12.4 Å². The number of carbonyl (C=O) groups excluding carboxylic acids is 1. The van der Waals surface area contributed by atoms with E-state index in [4.69, 9.17) is 0 Å². The first-order valence-corrected chi connectivity index (χ1v) is 7.54. The minimum Gasteiger partial charge on any atom is -0.328 e. The lowest BCUT2D eigenvalue weighted by atomic mass is 10.0. The molecular formula is C13H16N4O2S. The molecule has 1 aliphatic heterocycles. The third kappa shape index (κ3) is 2.29. The summed E-state index contributed by atoms with van der Waals surface area (Å²) in [5, 5.41) is 8.29.